The van der Waals surface area contributed by atoms with Crippen LogP contribution in [0.5, 0.6) is 0 Å². The summed E-state index contributed by atoms with van der Waals surface area (Å²) in [7, 11) is 2.13. The number of likely N-dealkylation sites (N-methyl/N-ethyl adjacent to an activating group) is 1. The molecule has 0 radical (unpaired) electrons. The minimum absolute atomic E-state index is 0. The molecule has 0 heterocycles. The lowest BCUT2D eigenvalue weighted by atomic mass is 10.2. The number of rotatable bonds is 7. The molecule has 0 aliphatic heterocycles. The van der Waals surface area contributed by atoms with E-state index in [1.54, 1.807) is 0 Å². The molecule has 1 rings (SSSR count). The summed E-state index contributed by atoms with van der Waals surface area (Å²) in [6.07, 6.45) is 0. The molecule has 6 heteroatoms. The van der Waals surface area contributed by atoms with Crippen molar-refractivity contribution in [2.75, 3.05) is 26.7 Å². The fourth-order valence-electron chi connectivity index (χ4n) is 1.71. The molecule has 126 valence electrons. The largest absolute Gasteiger partial charge is 0.357 e. The topological polar surface area (TPSA) is 39.7 Å². The van der Waals surface area contributed by atoms with Gasteiger partial charge < -0.3 is 15.5 Å². The zero-order valence-corrected chi connectivity index (χ0v) is 17.0. The molecule has 2 N–H and O–H groups in total. The Hall–Kier alpha value is -0.530. The molecule has 0 aliphatic carbocycles. The third-order valence-corrected chi connectivity index (χ3v) is 3.57. The first-order valence-corrected chi connectivity index (χ1v) is 7.87. The van der Waals surface area contributed by atoms with Gasteiger partial charge >= 0.3 is 0 Å². The number of nitrogens with one attached hydrogen (secondary N) is 2. The normalized spacial score (nSPS) is 11.5. The van der Waals surface area contributed by atoms with Crippen LogP contribution in [0.15, 0.2) is 29.3 Å². The van der Waals surface area contributed by atoms with Crippen LogP contribution in [-0.2, 0) is 6.54 Å². The number of hydrogen-bond acceptors (Lipinski definition) is 2. The Morgan fingerprint density at radius 1 is 1.23 bits per heavy atom. The summed E-state index contributed by atoms with van der Waals surface area (Å²) in [6.45, 7) is 9.82. The molecule has 1 aromatic rings. The molecule has 0 bridgehead atoms. The van der Waals surface area contributed by atoms with Crippen molar-refractivity contribution in [2.45, 2.75) is 33.4 Å². The fourth-order valence-corrected chi connectivity index (χ4v) is 1.84. The van der Waals surface area contributed by atoms with E-state index in [2.05, 4.69) is 48.3 Å². The predicted octanol–water partition coefficient (Wildman–Crippen LogP) is 3.35. The molecule has 1 aromatic carbocycles. The SMILES string of the molecule is CCNC(=NCc1ccc(Cl)cc1)NCCN(C)C(C)C.I. The average Bonchev–Trinajstić information content (AvgIpc) is 2.46. The van der Waals surface area contributed by atoms with Crippen molar-refractivity contribution in [1.29, 1.82) is 0 Å². The fraction of sp³-hybridized carbons (Fsp3) is 0.562. The van der Waals surface area contributed by atoms with Crippen molar-refractivity contribution >= 4 is 41.5 Å². The maximum atomic E-state index is 5.88. The van der Waals surface area contributed by atoms with E-state index in [4.69, 9.17) is 11.6 Å². The Morgan fingerprint density at radius 2 is 1.86 bits per heavy atom. The lowest BCUT2D eigenvalue weighted by Gasteiger charge is -2.21. The highest BCUT2D eigenvalue weighted by molar-refractivity contribution is 14.0. The van der Waals surface area contributed by atoms with Crippen LogP contribution in [0, 0.1) is 0 Å². The van der Waals surface area contributed by atoms with E-state index < -0.39 is 0 Å². The number of benzene rings is 1. The van der Waals surface area contributed by atoms with Gasteiger partial charge in [-0.2, -0.15) is 0 Å². The van der Waals surface area contributed by atoms with Gasteiger partial charge in [0.05, 0.1) is 6.54 Å². The Labute approximate surface area is 156 Å². The van der Waals surface area contributed by atoms with Gasteiger partial charge in [-0.25, -0.2) is 4.99 Å². The number of aliphatic imine (C=N–C) groups is 1. The first-order chi connectivity index (χ1) is 10.0. The molecule has 4 nitrogen and oxygen atoms in total. The standard InChI is InChI=1S/C16H27ClN4.HI/c1-5-18-16(19-10-11-21(4)13(2)3)20-12-14-6-8-15(17)9-7-14;/h6-9,13H,5,10-12H2,1-4H3,(H2,18,19,20);1H. The van der Waals surface area contributed by atoms with Crippen LogP contribution in [0.3, 0.4) is 0 Å². The molecule has 0 atom stereocenters. The number of guanidine groups is 1. The minimum Gasteiger partial charge on any atom is -0.357 e. The first kappa shape index (κ1) is 21.5. The van der Waals surface area contributed by atoms with Crippen LogP contribution in [0.2, 0.25) is 5.02 Å². The monoisotopic (exact) mass is 438 g/mol. The second-order valence-corrected chi connectivity index (χ2v) is 5.76. The minimum atomic E-state index is 0. The van der Waals surface area contributed by atoms with Gasteiger partial charge in [0.2, 0.25) is 0 Å². The molecule has 0 spiro atoms. The number of nitrogens with zero attached hydrogens (tertiary/aromatic N) is 2. The van der Waals surface area contributed by atoms with Gasteiger partial charge in [-0.05, 0) is 45.5 Å². The highest BCUT2D eigenvalue weighted by Crippen LogP contribution is 2.10. The van der Waals surface area contributed by atoms with E-state index in [1.807, 2.05) is 24.3 Å². The summed E-state index contributed by atoms with van der Waals surface area (Å²) in [6, 6.07) is 8.35. The summed E-state index contributed by atoms with van der Waals surface area (Å²) in [5.41, 5.74) is 1.15. The van der Waals surface area contributed by atoms with Crippen molar-refractivity contribution in [2.24, 2.45) is 4.99 Å². The molecule has 0 amide bonds. The van der Waals surface area contributed by atoms with Crippen LogP contribution in [0.1, 0.15) is 26.3 Å². The van der Waals surface area contributed by atoms with Crippen molar-refractivity contribution < 1.29 is 0 Å². The molecule has 0 saturated heterocycles. The lowest BCUT2D eigenvalue weighted by molar-refractivity contribution is 0.278. The average molecular weight is 439 g/mol. The Bertz CT molecular complexity index is 434. The number of halogens is 2. The van der Waals surface area contributed by atoms with Gasteiger partial charge in [0, 0.05) is 30.7 Å². The van der Waals surface area contributed by atoms with E-state index in [0.717, 1.165) is 36.2 Å². The predicted molar refractivity (Wildman–Crippen MR) is 107 cm³/mol. The van der Waals surface area contributed by atoms with Crippen LogP contribution in [-0.4, -0.2) is 43.6 Å². The van der Waals surface area contributed by atoms with Gasteiger partial charge in [-0.3, -0.25) is 0 Å². The van der Waals surface area contributed by atoms with Crippen molar-refractivity contribution in [3.05, 3.63) is 34.9 Å². The zero-order valence-electron chi connectivity index (χ0n) is 13.9. The Balaban J connectivity index is 0.00000441. The van der Waals surface area contributed by atoms with Gasteiger partial charge in [-0.15, -0.1) is 24.0 Å². The zero-order chi connectivity index (χ0) is 15.7. The second kappa shape index (κ2) is 12.0. The van der Waals surface area contributed by atoms with Gasteiger partial charge in [0.1, 0.15) is 0 Å². The van der Waals surface area contributed by atoms with E-state index in [0.29, 0.717) is 12.6 Å². The molecule has 0 saturated carbocycles. The summed E-state index contributed by atoms with van der Waals surface area (Å²) >= 11 is 5.88. The van der Waals surface area contributed by atoms with Crippen LogP contribution >= 0.6 is 35.6 Å². The lowest BCUT2D eigenvalue weighted by Crippen LogP contribution is -2.42. The molecule has 22 heavy (non-hydrogen) atoms. The Kier molecular flexibility index (Phi) is 11.7. The highest BCUT2D eigenvalue weighted by atomic mass is 127. The maximum absolute atomic E-state index is 5.88. The van der Waals surface area contributed by atoms with Crippen LogP contribution in [0.25, 0.3) is 0 Å². The molecule has 0 aliphatic rings. The summed E-state index contributed by atoms with van der Waals surface area (Å²) < 4.78 is 0. The summed E-state index contributed by atoms with van der Waals surface area (Å²) in [5, 5.41) is 7.37. The highest BCUT2D eigenvalue weighted by Gasteiger charge is 2.03. The van der Waals surface area contributed by atoms with E-state index in [1.165, 1.54) is 0 Å². The van der Waals surface area contributed by atoms with E-state index in [-0.39, 0.29) is 24.0 Å². The van der Waals surface area contributed by atoms with E-state index in [9.17, 15) is 0 Å². The Morgan fingerprint density at radius 3 is 2.41 bits per heavy atom. The summed E-state index contributed by atoms with van der Waals surface area (Å²) in [5.74, 6) is 0.851. The van der Waals surface area contributed by atoms with Gasteiger partial charge in [0.25, 0.3) is 0 Å². The van der Waals surface area contributed by atoms with E-state index >= 15 is 0 Å². The molecular weight excluding hydrogens is 411 g/mol. The smallest absolute Gasteiger partial charge is 0.191 e. The van der Waals surface area contributed by atoms with Crippen LogP contribution < -0.4 is 10.6 Å². The van der Waals surface area contributed by atoms with Crippen LogP contribution in [0.4, 0.5) is 0 Å². The second-order valence-electron chi connectivity index (χ2n) is 5.32. The van der Waals surface area contributed by atoms with Crippen molar-refractivity contribution in [3.63, 3.8) is 0 Å². The van der Waals surface area contributed by atoms with Gasteiger partial charge in [0.15, 0.2) is 5.96 Å². The molecule has 0 unspecified atom stereocenters. The van der Waals surface area contributed by atoms with Crippen molar-refractivity contribution in [1.82, 2.24) is 15.5 Å². The maximum Gasteiger partial charge on any atom is 0.191 e. The molecular formula is C16H28ClIN4. The molecule has 0 aromatic heterocycles. The first-order valence-electron chi connectivity index (χ1n) is 7.49. The third-order valence-electron chi connectivity index (χ3n) is 3.32. The third kappa shape index (κ3) is 8.80. The summed E-state index contributed by atoms with van der Waals surface area (Å²) in [4.78, 5) is 6.89. The number of hydrogen-bond donors (Lipinski definition) is 2. The van der Waals surface area contributed by atoms with Gasteiger partial charge in [-0.1, -0.05) is 23.7 Å². The molecule has 0 fully saturated rings. The van der Waals surface area contributed by atoms with Crippen molar-refractivity contribution in [3.8, 4) is 0 Å². The quantitative estimate of drug-likeness (QED) is 0.390.